The average Bonchev–Trinajstić information content (AvgIpc) is 3.07. The average molecular weight is 356 g/mol. The number of halogens is 1. The number of carbonyl (C=O) groups is 1. The molecule has 0 unspecified atom stereocenters. The first-order chi connectivity index (χ1) is 12.0. The first-order valence-corrected chi connectivity index (χ1v) is 8.23. The third-order valence-electron chi connectivity index (χ3n) is 4.01. The molecular weight excluding hydrogens is 338 g/mol. The molecule has 2 heterocycles. The number of hydrogen-bond donors (Lipinski definition) is 3. The third-order valence-corrected chi connectivity index (χ3v) is 4.24. The summed E-state index contributed by atoms with van der Waals surface area (Å²) in [4.78, 5) is 23.4. The van der Waals surface area contributed by atoms with Crippen LogP contribution in [-0.4, -0.2) is 27.9 Å². The van der Waals surface area contributed by atoms with E-state index in [1.54, 1.807) is 13.1 Å². The molecule has 0 saturated carbocycles. The van der Waals surface area contributed by atoms with Crippen molar-refractivity contribution in [3.63, 3.8) is 0 Å². The first kappa shape index (κ1) is 17.0. The maximum Gasteiger partial charge on any atom is 0.265 e. The smallest absolute Gasteiger partial charge is 0.265 e. The minimum Gasteiger partial charge on any atom is -0.373 e. The number of nitrogens with one attached hydrogen (secondary N) is 2. The Kier molecular flexibility index (Phi) is 4.72. The van der Waals surface area contributed by atoms with Gasteiger partial charge in [0.25, 0.3) is 5.91 Å². The normalized spacial score (nSPS) is 10.7. The number of aromatic nitrogens is 3. The van der Waals surface area contributed by atoms with Gasteiger partial charge in [0.05, 0.1) is 11.4 Å². The van der Waals surface area contributed by atoms with E-state index in [1.165, 1.54) is 6.33 Å². The number of nitrogens with two attached hydrogens (primary N) is 1. The molecule has 4 N–H and O–H groups in total. The van der Waals surface area contributed by atoms with Crippen molar-refractivity contribution in [2.24, 2.45) is 5.73 Å². The van der Waals surface area contributed by atoms with Gasteiger partial charge in [0.15, 0.2) is 0 Å². The molecule has 1 aromatic carbocycles. The molecule has 7 heteroatoms. The highest BCUT2D eigenvalue weighted by atomic mass is 35.5. The van der Waals surface area contributed by atoms with Gasteiger partial charge in [0.2, 0.25) is 0 Å². The van der Waals surface area contributed by atoms with E-state index in [0.29, 0.717) is 33.5 Å². The van der Waals surface area contributed by atoms with Crippen molar-refractivity contribution in [1.29, 1.82) is 0 Å². The van der Waals surface area contributed by atoms with Gasteiger partial charge in [0, 0.05) is 23.7 Å². The number of carbonyl (C=O) groups excluding carboxylic acids is 1. The Labute approximate surface area is 150 Å². The van der Waals surface area contributed by atoms with Crippen molar-refractivity contribution < 1.29 is 4.79 Å². The van der Waals surface area contributed by atoms with E-state index in [0.717, 1.165) is 17.5 Å². The molecule has 0 atom stereocenters. The fourth-order valence-electron chi connectivity index (χ4n) is 2.75. The number of rotatable bonds is 5. The van der Waals surface area contributed by atoms with Crippen molar-refractivity contribution in [3.05, 3.63) is 52.9 Å². The number of H-pyrrole nitrogens is 1. The fourth-order valence-corrected chi connectivity index (χ4v) is 2.92. The zero-order chi connectivity index (χ0) is 18.0. The summed E-state index contributed by atoms with van der Waals surface area (Å²) in [5, 5.41) is 3.57. The van der Waals surface area contributed by atoms with E-state index in [-0.39, 0.29) is 0 Å². The zero-order valence-electron chi connectivity index (χ0n) is 13.9. The van der Waals surface area contributed by atoms with Crippen LogP contribution in [0.4, 0.5) is 5.82 Å². The summed E-state index contributed by atoms with van der Waals surface area (Å²) >= 11 is 6.16. The maximum absolute atomic E-state index is 12.0. The maximum atomic E-state index is 12.0. The van der Waals surface area contributed by atoms with Crippen LogP contribution in [0.25, 0.3) is 22.5 Å². The van der Waals surface area contributed by atoms with Gasteiger partial charge in [-0.25, -0.2) is 9.97 Å². The van der Waals surface area contributed by atoms with E-state index in [9.17, 15) is 4.79 Å². The molecule has 0 radical (unpaired) electrons. The minimum absolute atomic E-state index is 0.330. The molecule has 128 valence electrons. The molecule has 0 saturated heterocycles. The van der Waals surface area contributed by atoms with Crippen LogP contribution in [0.3, 0.4) is 0 Å². The number of anilines is 1. The zero-order valence-corrected chi connectivity index (χ0v) is 14.7. The summed E-state index contributed by atoms with van der Waals surface area (Å²) in [6.45, 7) is 2.05. The molecule has 25 heavy (non-hydrogen) atoms. The quantitative estimate of drug-likeness (QED) is 0.652. The highest BCUT2D eigenvalue weighted by Crippen LogP contribution is 2.33. The van der Waals surface area contributed by atoms with Gasteiger partial charge in [0.1, 0.15) is 17.8 Å². The highest BCUT2D eigenvalue weighted by molar-refractivity contribution is 6.31. The Bertz CT molecular complexity index is 935. The molecule has 0 aliphatic heterocycles. The number of nitrogens with zero attached hydrogens (tertiary/aromatic N) is 2. The van der Waals surface area contributed by atoms with Crippen LogP contribution in [0.15, 0.2) is 36.7 Å². The van der Waals surface area contributed by atoms with Gasteiger partial charge < -0.3 is 16.0 Å². The summed E-state index contributed by atoms with van der Waals surface area (Å²) in [6, 6.07) is 9.30. The van der Waals surface area contributed by atoms with Gasteiger partial charge in [-0.1, -0.05) is 24.6 Å². The van der Waals surface area contributed by atoms with Crippen LogP contribution in [0.5, 0.6) is 0 Å². The van der Waals surface area contributed by atoms with Gasteiger partial charge in [-0.3, -0.25) is 4.79 Å². The lowest BCUT2D eigenvalue weighted by atomic mass is 9.97. The highest BCUT2D eigenvalue weighted by Gasteiger charge is 2.18. The molecule has 0 aliphatic rings. The van der Waals surface area contributed by atoms with Crippen LogP contribution in [-0.2, 0) is 6.42 Å². The predicted molar refractivity (Wildman–Crippen MR) is 99.7 cm³/mol. The lowest BCUT2D eigenvalue weighted by molar-refractivity contribution is 0.0997. The molecular formula is C18H18ClN5O. The number of aryl methyl sites for hydroxylation is 1. The summed E-state index contributed by atoms with van der Waals surface area (Å²) in [5.74, 6) is 0.143. The van der Waals surface area contributed by atoms with Crippen molar-refractivity contribution in [1.82, 2.24) is 15.0 Å². The Balaban J connectivity index is 2.19. The van der Waals surface area contributed by atoms with Crippen LogP contribution >= 0.6 is 11.6 Å². The summed E-state index contributed by atoms with van der Waals surface area (Å²) in [5.41, 5.74) is 9.93. The van der Waals surface area contributed by atoms with Crippen LogP contribution < -0.4 is 11.1 Å². The van der Waals surface area contributed by atoms with Crippen molar-refractivity contribution >= 4 is 23.3 Å². The van der Waals surface area contributed by atoms with E-state index < -0.39 is 5.91 Å². The Morgan fingerprint density at radius 3 is 2.72 bits per heavy atom. The van der Waals surface area contributed by atoms with Gasteiger partial charge >= 0.3 is 0 Å². The lowest BCUT2D eigenvalue weighted by Gasteiger charge is -2.08. The van der Waals surface area contributed by atoms with Crippen molar-refractivity contribution in [2.75, 3.05) is 12.4 Å². The second kappa shape index (κ2) is 6.94. The molecule has 0 aliphatic carbocycles. The molecule has 0 bridgehead atoms. The topological polar surface area (TPSA) is 96.7 Å². The van der Waals surface area contributed by atoms with Crippen molar-refractivity contribution in [2.45, 2.75) is 13.3 Å². The largest absolute Gasteiger partial charge is 0.373 e. The van der Waals surface area contributed by atoms with E-state index in [1.807, 2.05) is 31.2 Å². The molecule has 2 aromatic heterocycles. The predicted octanol–water partition coefficient (Wildman–Crippen LogP) is 3.50. The standard InChI is InChI=1S/C18H18ClN5O/c1-3-10-4-5-11(19)6-12(10)13-7-15(24-17(13)18(20)25)14-8-16(21-2)23-9-22-14/h4-9,24H,3H2,1-2H3,(H2,20,25)(H,21,22,23). The Morgan fingerprint density at radius 2 is 2.04 bits per heavy atom. The number of amides is 1. The summed E-state index contributed by atoms with van der Waals surface area (Å²) in [7, 11) is 1.78. The number of hydrogen-bond acceptors (Lipinski definition) is 4. The SMILES string of the molecule is CCc1ccc(Cl)cc1-c1cc(-c2cc(NC)ncn2)[nH]c1C(N)=O. The lowest BCUT2D eigenvalue weighted by Crippen LogP contribution is -2.12. The Morgan fingerprint density at radius 1 is 1.24 bits per heavy atom. The van der Waals surface area contributed by atoms with E-state index in [4.69, 9.17) is 17.3 Å². The number of benzene rings is 1. The summed E-state index contributed by atoms with van der Waals surface area (Å²) < 4.78 is 0. The minimum atomic E-state index is -0.536. The molecule has 0 fully saturated rings. The number of aromatic amines is 1. The molecule has 6 nitrogen and oxygen atoms in total. The van der Waals surface area contributed by atoms with Gasteiger partial charge in [-0.15, -0.1) is 0 Å². The second-order valence-corrected chi connectivity index (χ2v) is 5.97. The van der Waals surface area contributed by atoms with Crippen LogP contribution in [0.1, 0.15) is 23.0 Å². The monoisotopic (exact) mass is 355 g/mol. The Hall–Kier alpha value is -2.86. The summed E-state index contributed by atoms with van der Waals surface area (Å²) in [6.07, 6.45) is 2.27. The molecule has 3 aromatic rings. The molecule has 1 amide bonds. The van der Waals surface area contributed by atoms with Gasteiger partial charge in [-0.05, 0) is 35.7 Å². The van der Waals surface area contributed by atoms with E-state index >= 15 is 0 Å². The van der Waals surface area contributed by atoms with Gasteiger partial charge in [-0.2, -0.15) is 0 Å². The molecule has 0 spiro atoms. The third kappa shape index (κ3) is 3.34. The molecule has 3 rings (SSSR count). The fraction of sp³-hybridized carbons (Fsp3) is 0.167. The first-order valence-electron chi connectivity index (χ1n) is 7.85. The van der Waals surface area contributed by atoms with Crippen LogP contribution in [0.2, 0.25) is 5.02 Å². The number of primary amides is 1. The van der Waals surface area contributed by atoms with E-state index in [2.05, 4.69) is 20.3 Å². The van der Waals surface area contributed by atoms with Crippen LogP contribution in [0, 0.1) is 0 Å². The second-order valence-electron chi connectivity index (χ2n) is 5.53. The van der Waals surface area contributed by atoms with Crippen molar-refractivity contribution in [3.8, 4) is 22.5 Å².